The molecule has 0 aliphatic rings. The van der Waals surface area contributed by atoms with Crippen LogP contribution in [0.2, 0.25) is 4.34 Å². The van der Waals surface area contributed by atoms with Crippen molar-refractivity contribution >= 4 is 38.9 Å². The van der Waals surface area contributed by atoms with E-state index < -0.39 is 22.1 Å². The number of carbonyl (C=O) groups is 1. The number of carbonyl (C=O) groups excluding carboxylic acids is 1. The summed E-state index contributed by atoms with van der Waals surface area (Å²) in [6, 6.07) is 7.51. The molecule has 26 heavy (non-hydrogen) atoms. The van der Waals surface area contributed by atoms with E-state index in [0.717, 1.165) is 4.88 Å². The third kappa shape index (κ3) is 4.74. The monoisotopic (exact) mass is 419 g/mol. The van der Waals surface area contributed by atoms with Gasteiger partial charge in [0.05, 0.1) is 24.1 Å². The molecule has 0 unspecified atom stereocenters. The van der Waals surface area contributed by atoms with Crippen molar-refractivity contribution in [3.63, 3.8) is 0 Å². The molecule has 0 spiro atoms. The molecule has 0 aliphatic heterocycles. The highest BCUT2D eigenvalue weighted by Crippen LogP contribution is 2.29. The molecule has 1 aromatic heterocycles. The maximum absolute atomic E-state index is 12.7. The lowest BCUT2D eigenvalue weighted by molar-refractivity contribution is 0.0600. The first-order valence-electron chi connectivity index (χ1n) is 7.36. The number of esters is 1. The summed E-state index contributed by atoms with van der Waals surface area (Å²) in [6.45, 7) is -0.0126. The van der Waals surface area contributed by atoms with Gasteiger partial charge in [-0.05, 0) is 30.3 Å². The minimum atomic E-state index is -3.96. The van der Waals surface area contributed by atoms with E-state index in [1.165, 1.54) is 50.9 Å². The zero-order chi connectivity index (χ0) is 19.3. The van der Waals surface area contributed by atoms with E-state index in [2.05, 4.69) is 9.46 Å². The Hall–Kier alpha value is -1.65. The van der Waals surface area contributed by atoms with E-state index in [0.29, 0.717) is 4.34 Å². The summed E-state index contributed by atoms with van der Waals surface area (Å²) < 4.78 is 43.5. The summed E-state index contributed by atoms with van der Waals surface area (Å²) in [5.74, 6) is -0.537. The third-order valence-corrected chi connectivity index (χ3v) is 6.30. The number of sulfonamides is 1. The van der Waals surface area contributed by atoms with Crippen LogP contribution in [0.4, 0.5) is 0 Å². The van der Waals surface area contributed by atoms with E-state index >= 15 is 0 Å². The van der Waals surface area contributed by atoms with Crippen molar-refractivity contribution in [1.29, 1.82) is 0 Å². The van der Waals surface area contributed by atoms with Crippen molar-refractivity contribution in [2.75, 3.05) is 27.9 Å². The summed E-state index contributed by atoms with van der Waals surface area (Å²) in [6.07, 6.45) is -0.503. The number of hydrogen-bond acceptors (Lipinski definition) is 7. The number of methoxy groups -OCH3 is 3. The van der Waals surface area contributed by atoms with Crippen LogP contribution in [0, 0.1) is 0 Å². The standard InChI is InChI=1S/C16H18ClNO6S2/c1-22-11-5-4-10(16(19)24-3)8-14(11)26(20,21)18-9-12(23-2)13-6-7-15(17)25-13/h4-8,12,18H,9H2,1-3H3/t12-/m1/s1. The van der Waals surface area contributed by atoms with Crippen molar-refractivity contribution in [1.82, 2.24) is 4.72 Å². The van der Waals surface area contributed by atoms with Gasteiger partial charge in [-0.2, -0.15) is 0 Å². The van der Waals surface area contributed by atoms with Crippen molar-refractivity contribution in [3.8, 4) is 5.75 Å². The quantitative estimate of drug-likeness (QED) is 0.661. The SMILES string of the molecule is COC(=O)c1ccc(OC)c(S(=O)(=O)NC[C@@H](OC)c2ccc(Cl)s2)c1. The number of hydrogen-bond donors (Lipinski definition) is 1. The Balaban J connectivity index is 2.27. The Morgan fingerprint density at radius 3 is 2.50 bits per heavy atom. The first-order chi connectivity index (χ1) is 12.3. The summed E-state index contributed by atoms with van der Waals surface area (Å²) in [5.41, 5.74) is 0.0991. The Morgan fingerprint density at radius 2 is 1.96 bits per heavy atom. The molecule has 1 atom stereocenters. The number of halogens is 1. The van der Waals surface area contributed by atoms with Gasteiger partial charge < -0.3 is 14.2 Å². The smallest absolute Gasteiger partial charge is 0.337 e. The minimum absolute atomic E-state index is 0.0126. The molecule has 142 valence electrons. The molecule has 2 rings (SSSR count). The predicted molar refractivity (Wildman–Crippen MR) is 98.6 cm³/mol. The highest BCUT2D eigenvalue weighted by atomic mass is 35.5. The van der Waals surface area contributed by atoms with Crippen LogP contribution >= 0.6 is 22.9 Å². The van der Waals surface area contributed by atoms with Crippen molar-refractivity contribution < 1.29 is 27.4 Å². The molecule has 0 radical (unpaired) electrons. The summed E-state index contributed by atoms with van der Waals surface area (Å²) >= 11 is 7.22. The van der Waals surface area contributed by atoms with Gasteiger partial charge in [0.25, 0.3) is 0 Å². The second-order valence-corrected chi connectivity index (χ2v) is 8.56. The van der Waals surface area contributed by atoms with E-state index in [1.807, 2.05) is 0 Å². The zero-order valence-electron chi connectivity index (χ0n) is 14.3. The number of ether oxygens (including phenoxy) is 3. The van der Waals surface area contributed by atoms with Crippen LogP contribution in [0.3, 0.4) is 0 Å². The minimum Gasteiger partial charge on any atom is -0.495 e. The summed E-state index contributed by atoms with van der Waals surface area (Å²) in [7, 11) is 0.0741. The molecule has 2 aromatic rings. The number of nitrogens with one attached hydrogen (secondary N) is 1. The first kappa shape index (κ1) is 20.7. The second kappa shape index (κ2) is 8.83. The van der Waals surface area contributed by atoms with Crippen molar-refractivity contribution in [3.05, 3.63) is 45.1 Å². The highest BCUT2D eigenvalue weighted by Gasteiger charge is 2.24. The fraction of sp³-hybridized carbons (Fsp3) is 0.312. The van der Waals surface area contributed by atoms with E-state index in [4.69, 9.17) is 21.1 Å². The van der Waals surface area contributed by atoms with Gasteiger partial charge >= 0.3 is 5.97 Å². The van der Waals surface area contributed by atoms with Gasteiger partial charge in [0, 0.05) is 18.5 Å². The number of thiophene rings is 1. The Kier molecular flexibility index (Phi) is 7.01. The van der Waals surface area contributed by atoms with Crippen LogP contribution in [0.5, 0.6) is 5.75 Å². The lowest BCUT2D eigenvalue weighted by Crippen LogP contribution is -2.29. The molecule has 1 aromatic carbocycles. The highest BCUT2D eigenvalue weighted by molar-refractivity contribution is 7.89. The van der Waals surface area contributed by atoms with Gasteiger partial charge in [-0.15, -0.1) is 11.3 Å². The van der Waals surface area contributed by atoms with Crippen molar-refractivity contribution in [2.24, 2.45) is 0 Å². The van der Waals surface area contributed by atoms with Crippen LogP contribution < -0.4 is 9.46 Å². The topological polar surface area (TPSA) is 90.9 Å². The summed E-state index contributed by atoms with van der Waals surface area (Å²) in [5, 5.41) is 0. The molecule has 0 bridgehead atoms. The second-order valence-electron chi connectivity index (χ2n) is 5.08. The molecular formula is C16H18ClNO6S2. The molecule has 0 amide bonds. The molecule has 0 saturated carbocycles. The largest absolute Gasteiger partial charge is 0.495 e. The van der Waals surface area contributed by atoms with Crippen LogP contribution in [0.1, 0.15) is 21.3 Å². The molecule has 0 aliphatic carbocycles. The molecule has 10 heteroatoms. The fourth-order valence-electron chi connectivity index (χ4n) is 2.20. The van der Waals surface area contributed by atoms with Gasteiger partial charge in [-0.1, -0.05) is 11.6 Å². The zero-order valence-corrected chi connectivity index (χ0v) is 16.7. The van der Waals surface area contributed by atoms with Crippen LogP contribution in [0.15, 0.2) is 35.2 Å². The molecule has 7 nitrogen and oxygen atoms in total. The maximum atomic E-state index is 12.7. The first-order valence-corrected chi connectivity index (χ1v) is 10.0. The third-order valence-electron chi connectivity index (χ3n) is 3.53. The Morgan fingerprint density at radius 1 is 1.23 bits per heavy atom. The van der Waals surface area contributed by atoms with Gasteiger partial charge in [-0.25, -0.2) is 17.9 Å². The molecule has 1 heterocycles. The summed E-state index contributed by atoms with van der Waals surface area (Å²) in [4.78, 5) is 12.3. The number of rotatable bonds is 8. The fourth-order valence-corrected chi connectivity index (χ4v) is 4.56. The molecule has 0 saturated heterocycles. The van der Waals surface area contributed by atoms with E-state index in [-0.39, 0.29) is 22.8 Å². The molecule has 1 N–H and O–H groups in total. The number of benzene rings is 1. The van der Waals surface area contributed by atoms with Crippen LogP contribution in [-0.4, -0.2) is 42.3 Å². The lowest BCUT2D eigenvalue weighted by Gasteiger charge is -2.16. The normalized spacial score (nSPS) is 12.6. The Bertz CT molecular complexity index is 881. The van der Waals surface area contributed by atoms with Crippen LogP contribution in [-0.2, 0) is 19.5 Å². The Labute approximate surface area is 160 Å². The predicted octanol–water partition coefficient (Wildman–Crippen LogP) is 2.86. The van der Waals surface area contributed by atoms with Gasteiger partial charge in [0.1, 0.15) is 16.7 Å². The van der Waals surface area contributed by atoms with E-state index in [1.54, 1.807) is 12.1 Å². The maximum Gasteiger partial charge on any atom is 0.337 e. The van der Waals surface area contributed by atoms with Gasteiger partial charge in [0.2, 0.25) is 10.0 Å². The van der Waals surface area contributed by atoms with Gasteiger partial charge in [0.15, 0.2) is 0 Å². The van der Waals surface area contributed by atoms with Crippen LogP contribution in [0.25, 0.3) is 0 Å². The lowest BCUT2D eigenvalue weighted by atomic mass is 10.2. The average molecular weight is 420 g/mol. The van der Waals surface area contributed by atoms with Gasteiger partial charge in [-0.3, -0.25) is 0 Å². The average Bonchev–Trinajstić information content (AvgIpc) is 3.07. The molecule has 0 fully saturated rings. The van der Waals surface area contributed by atoms with Crippen molar-refractivity contribution in [2.45, 2.75) is 11.0 Å². The molecular weight excluding hydrogens is 402 g/mol. The van der Waals surface area contributed by atoms with E-state index in [9.17, 15) is 13.2 Å².